The average Bonchev–Trinajstić information content (AvgIpc) is 3.23. The van der Waals surface area contributed by atoms with E-state index in [1.54, 1.807) is 6.20 Å². The molecule has 1 heterocycles. The molecular weight excluding hydrogens is 262 g/mol. The molecule has 0 spiro atoms. The predicted octanol–water partition coefficient (Wildman–Crippen LogP) is 1.84. The summed E-state index contributed by atoms with van der Waals surface area (Å²) in [5.74, 6) is 0.631. The van der Waals surface area contributed by atoms with E-state index >= 15 is 0 Å². The highest BCUT2D eigenvalue weighted by molar-refractivity contribution is 5.78. The third kappa shape index (κ3) is 3.42. The SMILES string of the molecule is CN(C(N)=NCc1ccccc1Cn1cccn1)C1CC1. The van der Waals surface area contributed by atoms with Gasteiger partial charge in [0.1, 0.15) is 0 Å². The molecule has 1 aromatic carbocycles. The lowest BCUT2D eigenvalue weighted by Gasteiger charge is -2.17. The molecule has 0 bridgehead atoms. The fourth-order valence-corrected chi connectivity index (χ4v) is 2.36. The quantitative estimate of drug-likeness (QED) is 0.673. The third-order valence-corrected chi connectivity index (χ3v) is 3.88. The molecule has 0 radical (unpaired) electrons. The Kier molecular flexibility index (Phi) is 3.90. The van der Waals surface area contributed by atoms with E-state index in [2.05, 4.69) is 27.1 Å². The Morgan fingerprint density at radius 3 is 2.76 bits per heavy atom. The monoisotopic (exact) mass is 283 g/mol. The maximum Gasteiger partial charge on any atom is 0.191 e. The zero-order chi connectivity index (χ0) is 14.7. The van der Waals surface area contributed by atoms with Crippen LogP contribution in [0.4, 0.5) is 0 Å². The minimum Gasteiger partial charge on any atom is -0.370 e. The van der Waals surface area contributed by atoms with Crippen molar-refractivity contribution in [1.82, 2.24) is 14.7 Å². The number of benzene rings is 1. The first-order valence-corrected chi connectivity index (χ1v) is 7.31. The number of aromatic nitrogens is 2. The Bertz CT molecular complexity index is 613. The highest BCUT2D eigenvalue weighted by Crippen LogP contribution is 2.25. The molecule has 5 nitrogen and oxygen atoms in total. The number of nitrogens with zero attached hydrogens (tertiary/aromatic N) is 4. The van der Waals surface area contributed by atoms with E-state index in [9.17, 15) is 0 Å². The largest absolute Gasteiger partial charge is 0.370 e. The number of guanidine groups is 1. The van der Waals surface area contributed by atoms with Crippen LogP contribution < -0.4 is 5.73 Å². The highest BCUT2D eigenvalue weighted by Gasteiger charge is 2.27. The molecule has 2 aromatic rings. The van der Waals surface area contributed by atoms with Crippen LogP contribution in [0, 0.1) is 0 Å². The Morgan fingerprint density at radius 2 is 2.10 bits per heavy atom. The van der Waals surface area contributed by atoms with Crippen molar-refractivity contribution in [2.75, 3.05) is 7.05 Å². The summed E-state index contributed by atoms with van der Waals surface area (Å²) in [5.41, 5.74) is 8.47. The number of hydrogen-bond donors (Lipinski definition) is 1. The minimum absolute atomic E-state index is 0.591. The summed E-state index contributed by atoms with van der Waals surface area (Å²) >= 11 is 0. The second-order valence-electron chi connectivity index (χ2n) is 5.49. The molecule has 110 valence electrons. The van der Waals surface area contributed by atoms with Gasteiger partial charge >= 0.3 is 0 Å². The highest BCUT2D eigenvalue weighted by atomic mass is 15.3. The number of aliphatic imine (C=N–C) groups is 1. The first kappa shape index (κ1) is 13.7. The lowest BCUT2D eigenvalue weighted by atomic mass is 10.1. The van der Waals surface area contributed by atoms with E-state index in [0.29, 0.717) is 18.5 Å². The second kappa shape index (κ2) is 5.99. The molecule has 0 saturated heterocycles. The van der Waals surface area contributed by atoms with Crippen LogP contribution in [0.1, 0.15) is 24.0 Å². The maximum atomic E-state index is 6.05. The summed E-state index contributed by atoms with van der Waals surface area (Å²) in [4.78, 5) is 6.62. The van der Waals surface area contributed by atoms with Crippen molar-refractivity contribution in [3.63, 3.8) is 0 Å². The molecule has 5 heteroatoms. The van der Waals surface area contributed by atoms with E-state index in [-0.39, 0.29) is 0 Å². The fraction of sp³-hybridized carbons (Fsp3) is 0.375. The van der Waals surface area contributed by atoms with Crippen LogP contribution in [0.15, 0.2) is 47.7 Å². The van der Waals surface area contributed by atoms with Gasteiger partial charge in [-0.2, -0.15) is 5.10 Å². The van der Waals surface area contributed by atoms with Crippen LogP contribution in [0.5, 0.6) is 0 Å². The smallest absolute Gasteiger partial charge is 0.191 e. The minimum atomic E-state index is 0.591. The van der Waals surface area contributed by atoms with E-state index in [0.717, 1.165) is 6.54 Å². The normalized spacial score (nSPS) is 15.2. The Labute approximate surface area is 125 Å². The zero-order valence-corrected chi connectivity index (χ0v) is 12.3. The summed E-state index contributed by atoms with van der Waals surface area (Å²) in [7, 11) is 2.02. The predicted molar refractivity (Wildman–Crippen MR) is 83.9 cm³/mol. The molecular formula is C16H21N5. The summed E-state index contributed by atoms with van der Waals surface area (Å²) < 4.78 is 1.92. The van der Waals surface area contributed by atoms with Gasteiger partial charge < -0.3 is 10.6 Å². The molecule has 1 aliphatic rings. The lowest BCUT2D eigenvalue weighted by Crippen LogP contribution is -2.35. The van der Waals surface area contributed by atoms with Gasteiger partial charge in [0.2, 0.25) is 0 Å². The fourth-order valence-electron chi connectivity index (χ4n) is 2.36. The van der Waals surface area contributed by atoms with Gasteiger partial charge in [0, 0.05) is 25.5 Å². The number of hydrogen-bond acceptors (Lipinski definition) is 2. The van der Waals surface area contributed by atoms with Crippen molar-refractivity contribution in [3.05, 3.63) is 53.9 Å². The molecule has 1 aromatic heterocycles. The van der Waals surface area contributed by atoms with Crippen LogP contribution in [0.3, 0.4) is 0 Å². The zero-order valence-electron chi connectivity index (χ0n) is 12.3. The first-order chi connectivity index (χ1) is 10.2. The lowest BCUT2D eigenvalue weighted by molar-refractivity contribution is 0.487. The summed E-state index contributed by atoms with van der Waals surface area (Å²) in [5, 5.41) is 4.26. The van der Waals surface area contributed by atoms with Crippen molar-refractivity contribution in [2.24, 2.45) is 10.7 Å². The van der Waals surface area contributed by atoms with Crippen molar-refractivity contribution in [2.45, 2.75) is 32.0 Å². The topological polar surface area (TPSA) is 59.4 Å². The van der Waals surface area contributed by atoms with Crippen molar-refractivity contribution < 1.29 is 0 Å². The standard InChI is InChI=1S/C16H21N5/c1-20(15-7-8-15)16(17)18-11-13-5-2-3-6-14(13)12-21-10-4-9-19-21/h2-6,9-10,15H,7-8,11-12H2,1H3,(H2,17,18). The third-order valence-electron chi connectivity index (χ3n) is 3.88. The van der Waals surface area contributed by atoms with Gasteiger partial charge in [-0.1, -0.05) is 24.3 Å². The molecule has 2 N–H and O–H groups in total. The molecule has 0 unspecified atom stereocenters. The van der Waals surface area contributed by atoms with Gasteiger partial charge in [-0.25, -0.2) is 4.99 Å². The van der Waals surface area contributed by atoms with E-state index < -0.39 is 0 Å². The van der Waals surface area contributed by atoms with Gasteiger partial charge in [0.05, 0.1) is 13.1 Å². The molecule has 0 aliphatic heterocycles. The number of rotatable bonds is 5. The van der Waals surface area contributed by atoms with E-state index in [1.807, 2.05) is 36.1 Å². The maximum absolute atomic E-state index is 6.05. The molecule has 0 amide bonds. The van der Waals surface area contributed by atoms with Crippen LogP contribution in [-0.4, -0.2) is 33.7 Å². The average molecular weight is 283 g/mol. The van der Waals surface area contributed by atoms with Crippen molar-refractivity contribution >= 4 is 5.96 Å². The van der Waals surface area contributed by atoms with Crippen molar-refractivity contribution in [3.8, 4) is 0 Å². The summed E-state index contributed by atoms with van der Waals surface area (Å²) in [6.45, 7) is 1.37. The van der Waals surface area contributed by atoms with Gasteiger partial charge in [0.15, 0.2) is 5.96 Å². The van der Waals surface area contributed by atoms with Gasteiger partial charge in [-0.15, -0.1) is 0 Å². The molecule has 3 rings (SSSR count). The van der Waals surface area contributed by atoms with Gasteiger partial charge in [-0.05, 0) is 30.0 Å². The molecule has 1 fully saturated rings. The van der Waals surface area contributed by atoms with Crippen molar-refractivity contribution in [1.29, 1.82) is 0 Å². The van der Waals surface area contributed by atoms with Crippen LogP contribution in [-0.2, 0) is 13.1 Å². The number of nitrogens with two attached hydrogens (primary N) is 1. The molecule has 1 aliphatic carbocycles. The molecule has 21 heavy (non-hydrogen) atoms. The molecule has 0 atom stereocenters. The second-order valence-corrected chi connectivity index (χ2v) is 5.49. The van der Waals surface area contributed by atoms with E-state index in [1.165, 1.54) is 24.0 Å². The van der Waals surface area contributed by atoms with E-state index in [4.69, 9.17) is 5.73 Å². The van der Waals surface area contributed by atoms with Gasteiger partial charge in [0.25, 0.3) is 0 Å². The Hall–Kier alpha value is -2.30. The van der Waals surface area contributed by atoms with Crippen LogP contribution in [0.25, 0.3) is 0 Å². The molecule has 1 saturated carbocycles. The first-order valence-electron chi connectivity index (χ1n) is 7.31. The van der Waals surface area contributed by atoms with Crippen LogP contribution in [0.2, 0.25) is 0 Å². The van der Waals surface area contributed by atoms with Crippen LogP contribution >= 0.6 is 0 Å². The summed E-state index contributed by atoms with van der Waals surface area (Å²) in [6.07, 6.45) is 6.21. The Morgan fingerprint density at radius 1 is 1.33 bits per heavy atom. The summed E-state index contributed by atoms with van der Waals surface area (Å²) in [6, 6.07) is 10.8. The van der Waals surface area contributed by atoms with Gasteiger partial charge in [-0.3, -0.25) is 4.68 Å². The Balaban J connectivity index is 1.71.